The summed E-state index contributed by atoms with van der Waals surface area (Å²) in [6.45, 7) is 0.110. The van der Waals surface area contributed by atoms with E-state index in [0.717, 1.165) is 16.1 Å². The minimum atomic E-state index is -0.999. The molecule has 0 atom stereocenters. The van der Waals surface area contributed by atoms with Gasteiger partial charge in [0, 0.05) is 26.9 Å². The fourth-order valence-corrected chi connectivity index (χ4v) is 2.15. The van der Waals surface area contributed by atoms with Crippen LogP contribution < -0.4 is 4.74 Å². The zero-order valence-corrected chi connectivity index (χ0v) is 12.1. The van der Waals surface area contributed by atoms with Crippen molar-refractivity contribution in [2.24, 2.45) is 0 Å². The number of hydrogen-bond donors (Lipinski definition) is 0. The Hall–Kier alpha value is -1.01. The number of hydrogen-bond acceptors (Lipinski definition) is 2. The summed E-state index contributed by atoms with van der Waals surface area (Å²) in [6.07, 6.45) is 3.22. The lowest BCUT2D eigenvalue weighted by atomic mass is 10.3. The summed E-state index contributed by atoms with van der Waals surface area (Å²) in [4.78, 5) is 3.95. The van der Waals surface area contributed by atoms with Gasteiger partial charge in [0.2, 0.25) is 5.82 Å². The van der Waals surface area contributed by atoms with Gasteiger partial charge in [0.15, 0.2) is 11.6 Å². The first-order valence-electron chi connectivity index (χ1n) is 4.93. The summed E-state index contributed by atoms with van der Waals surface area (Å²) in [5.74, 6) is -2.09. The fraction of sp³-hybridized carbons (Fsp3) is 0.0833. The molecule has 6 heteroatoms. The molecule has 0 saturated heterocycles. The molecule has 2 rings (SSSR count). The lowest BCUT2D eigenvalue weighted by Gasteiger charge is -2.08. The Morgan fingerprint density at radius 1 is 1.06 bits per heavy atom. The van der Waals surface area contributed by atoms with E-state index in [1.165, 1.54) is 6.07 Å². The van der Waals surface area contributed by atoms with E-state index in [1.54, 1.807) is 18.5 Å². The molecule has 0 aliphatic rings. The van der Waals surface area contributed by atoms with Crippen LogP contribution in [0.4, 0.5) is 8.78 Å². The van der Waals surface area contributed by atoms with Gasteiger partial charge in [-0.05, 0) is 34.1 Å². The number of ether oxygens (including phenoxy) is 1. The molecular formula is C12H7Br2F2NO. The smallest absolute Gasteiger partial charge is 0.200 e. The van der Waals surface area contributed by atoms with Crippen molar-refractivity contribution >= 4 is 31.9 Å². The van der Waals surface area contributed by atoms with Gasteiger partial charge in [-0.2, -0.15) is 4.39 Å². The van der Waals surface area contributed by atoms with E-state index in [-0.39, 0.29) is 12.4 Å². The average molecular weight is 379 g/mol. The molecule has 18 heavy (non-hydrogen) atoms. The number of aromatic nitrogens is 1. The standard InChI is InChI=1S/C12H7Br2F2NO/c13-8-2-10(15)12(16)11(3-8)18-6-7-1-9(14)5-17-4-7/h1-5H,6H2. The van der Waals surface area contributed by atoms with Crippen LogP contribution in [-0.2, 0) is 6.61 Å². The molecule has 0 radical (unpaired) electrons. The third kappa shape index (κ3) is 3.26. The van der Waals surface area contributed by atoms with Crippen molar-refractivity contribution in [1.29, 1.82) is 0 Å². The highest BCUT2D eigenvalue weighted by Gasteiger charge is 2.11. The van der Waals surface area contributed by atoms with Gasteiger partial charge >= 0.3 is 0 Å². The van der Waals surface area contributed by atoms with Crippen molar-refractivity contribution in [1.82, 2.24) is 4.98 Å². The number of benzene rings is 1. The first-order chi connectivity index (χ1) is 8.56. The molecule has 1 aromatic carbocycles. The zero-order valence-electron chi connectivity index (χ0n) is 8.96. The van der Waals surface area contributed by atoms with E-state index in [0.29, 0.717) is 4.47 Å². The van der Waals surface area contributed by atoms with Crippen LogP contribution in [0.25, 0.3) is 0 Å². The Morgan fingerprint density at radius 3 is 2.56 bits per heavy atom. The number of rotatable bonds is 3. The van der Waals surface area contributed by atoms with Gasteiger partial charge in [0.25, 0.3) is 0 Å². The van der Waals surface area contributed by atoms with Crippen molar-refractivity contribution in [3.63, 3.8) is 0 Å². The van der Waals surface area contributed by atoms with Crippen molar-refractivity contribution in [3.8, 4) is 5.75 Å². The second-order valence-corrected chi connectivity index (χ2v) is 5.33. The van der Waals surface area contributed by atoms with Crippen LogP contribution in [0.15, 0.2) is 39.5 Å². The van der Waals surface area contributed by atoms with E-state index in [9.17, 15) is 8.78 Å². The summed E-state index contributed by atoms with van der Waals surface area (Å²) in [5, 5.41) is 0. The lowest BCUT2D eigenvalue weighted by Crippen LogP contribution is -1.99. The average Bonchev–Trinajstić information content (AvgIpc) is 2.32. The molecule has 0 unspecified atom stereocenters. The zero-order chi connectivity index (χ0) is 13.1. The summed E-state index contributed by atoms with van der Waals surface area (Å²) in [5.41, 5.74) is 0.754. The van der Waals surface area contributed by atoms with Gasteiger partial charge < -0.3 is 4.74 Å². The topological polar surface area (TPSA) is 22.1 Å². The second-order valence-electron chi connectivity index (χ2n) is 3.50. The molecule has 1 aromatic heterocycles. The lowest BCUT2D eigenvalue weighted by molar-refractivity contribution is 0.284. The highest BCUT2D eigenvalue weighted by atomic mass is 79.9. The Labute approximate surface area is 119 Å². The number of pyridine rings is 1. The van der Waals surface area contributed by atoms with E-state index in [4.69, 9.17) is 4.74 Å². The van der Waals surface area contributed by atoms with Crippen LogP contribution in [-0.4, -0.2) is 4.98 Å². The maximum Gasteiger partial charge on any atom is 0.200 e. The Bertz CT molecular complexity index is 578. The third-order valence-electron chi connectivity index (χ3n) is 2.12. The maximum absolute atomic E-state index is 13.4. The van der Waals surface area contributed by atoms with Gasteiger partial charge in [0.1, 0.15) is 6.61 Å². The van der Waals surface area contributed by atoms with Crippen molar-refractivity contribution in [2.45, 2.75) is 6.61 Å². The number of halogens is 4. The van der Waals surface area contributed by atoms with Gasteiger partial charge in [-0.1, -0.05) is 15.9 Å². The summed E-state index contributed by atoms with van der Waals surface area (Å²) >= 11 is 6.34. The summed E-state index contributed by atoms with van der Waals surface area (Å²) in [7, 11) is 0. The first-order valence-corrected chi connectivity index (χ1v) is 6.51. The molecule has 0 amide bonds. The van der Waals surface area contributed by atoms with Crippen LogP contribution in [0.2, 0.25) is 0 Å². The second kappa shape index (κ2) is 5.75. The van der Waals surface area contributed by atoms with E-state index < -0.39 is 11.6 Å². The van der Waals surface area contributed by atoms with Crippen molar-refractivity contribution in [2.75, 3.05) is 0 Å². The molecule has 2 nitrogen and oxygen atoms in total. The minimum Gasteiger partial charge on any atom is -0.486 e. The van der Waals surface area contributed by atoms with E-state index in [1.807, 2.05) is 0 Å². The fourth-order valence-electron chi connectivity index (χ4n) is 1.33. The normalized spacial score (nSPS) is 10.4. The van der Waals surface area contributed by atoms with Crippen molar-refractivity contribution in [3.05, 3.63) is 56.7 Å². The minimum absolute atomic E-state index is 0.110. The quantitative estimate of drug-likeness (QED) is 0.735. The molecule has 0 N–H and O–H groups in total. The molecule has 1 heterocycles. The van der Waals surface area contributed by atoms with Gasteiger partial charge in [0.05, 0.1) is 0 Å². The highest BCUT2D eigenvalue weighted by molar-refractivity contribution is 9.10. The highest BCUT2D eigenvalue weighted by Crippen LogP contribution is 2.26. The predicted octanol–water partition coefficient (Wildman–Crippen LogP) is 4.46. The van der Waals surface area contributed by atoms with Gasteiger partial charge in [-0.3, -0.25) is 4.98 Å². The first kappa shape index (κ1) is 13.4. The van der Waals surface area contributed by atoms with Gasteiger partial charge in [-0.25, -0.2) is 4.39 Å². The molecule has 0 fully saturated rings. The maximum atomic E-state index is 13.4. The monoisotopic (exact) mass is 377 g/mol. The van der Waals surface area contributed by atoms with Crippen LogP contribution in [0.3, 0.4) is 0 Å². The third-order valence-corrected chi connectivity index (χ3v) is 3.01. The summed E-state index contributed by atoms with van der Waals surface area (Å²) in [6, 6.07) is 4.21. The van der Waals surface area contributed by atoms with Crippen LogP contribution in [0.1, 0.15) is 5.56 Å². The molecule has 0 aliphatic heterocycles. The molecule has 0 saturated carbocycles. The Balaban J connectivity index is 2.15. The van der Waals surface area contributed by atoms with E-state index in [2.05, 4.69) is 36.8 Å². The van der Waals surface area contributed by atoms with E-state index >= 15 is 0 Å². The molecule has 94 valence electrons. The molecule has 0 spiro atoms. The number of nitrogens with zero attached hydrogens (tertiary/aromatic N) is 1. The summed E-state index contributed by atoms with van der Waals surface area (Å²) < 4.78 is 33.0. The molecular weight excluding hydrogens is 372 g/mol. The van der Waals surface area contributed by atoms with Crippen LogP contribution in [0, 0.1) is 11.6 Å². The molecule has 0 aliphatic carbocycles. The van der Waals surface area contributed by atoms with Gasteiger partial charge in [-0.15, -0.1) is 0 Å². The van der Waals surface area contributed by atoms with Crippen LogP contribution >= 0.6 is 31.9 Å². The Morgan fingerprint density at radius 2 is 1.83 bits per heavy atom. The Kier molecular flexibility index (Phi) is 4.29. The largest absolute Gasteiger partial charge is 0.486 e. The molecule has 0 bridgehead atoms. The molecule has 2 aromatic rings. The van der Waals surface area contributed by atoms with Crippen LogP contribution in [0.5, 0.6) is 5.75 Å². The SMILES string of the molecule is Fc1cc(Br)cc(OCc2cncc(Br)c2)c1F. The predicted molar refractivity (Wildman–Crippen MR) is 70.3 cm³/mol. The van der Waals surface area contributed by atoms with Crippen molar-refractivity contribution < 1.29 is 13.5 Å².